The van der Waals surface area contributed by atoms with Crippen LogP contribution in [0.3, 0.4) is 0 Å². The van der Waals surface area contributed by atoms with Crippen LogP contribution in [0.25, 0.3) is 6.08 Å². The van der Waals surface area contributed by atoms with Gasteiger partial charge in [-0.15, -0.1) is 0 Å². The molecule has 27 heavy (non-hydrogen) atoms. The van der Waals surface area contributed by atoms with E-state index in [2.05, 4.69) is 5.10 Å². The summed E-state index contributed by atoms with van der Waals surface area (Å²) in [6.07, 6.45) is 1.87. The maximum absolute atomic E-state index is 13.1. The first-order chi connectivity index (χ1) is 13.3. The lowest BCUT2D eigenvalue weighted by Gasteiger charge is -2.10. The quantitative estimate of drug-likeness (QED) is 0.646. The van der Waals surface area contributed by atoms with Gasteiger partial charge < -0.3 is 4.74 Å². The molecule has 3 aromatic carbocycles. The average molecular weight is 354 g/mol. The summed E-state index contributed by atoms with van der Waals surface area (Å²) in [5, 5.41) is 6.08. The second-order valence-electron chi connectivity index (χ2n) is 6.10. The van der Waals surface area contributed by atoms with Crippen molar-refractivity contribution >= 4 is 23.4 Å². The third kappa shape index (κ3) is 3.37. The Morgan fingerprint density at radius 3 is 2.11 bits per heavy atom. The van der Waals surface area contributed by atoms with Crippen LogP contribution in [0, 0.1) is 0 Å². The normalized spacial score (nSPS) is 15.1. The van der Waals surface area contributed by atoms with Gasteiger partial charge in [-0.25, -0.2) is 0 Å². The zero-order valence-electron chi connectivity index (χ0n) is 14.9. The molecular formula is C23H18N2O2. The van der Waals surface area contributed by atoms with Crippen molar-refractivity contribution in [3.8, 4) is 5.75 Å². The van der Waals surface area contributed by atoms with Gasteiger partial charge in [-0.3, -0.25) is 4.79 Å². The van der Waals surface area contributed by atoms with Crippen LogP contribution in [0.1, 0.15) is 11.1 Å². The number of carbonyl (C=O) groups excluding carboxylic acids is 1. The van der Waals surface area contributed by atoms with Gasteiger partial charge in [-0.2, -0.15) is 10.1 Å². The first-order valence-electron chi connectivity index (χ1n) is 8.66. The zero-order chi connectivity index (χ0) is 18.6. The minimum atomic E-state index is -0.143. The van der Waals surface area contributed by atoms with Crippen molar-refractivity contribution in [3.05, 3.63) is 102 Å². The van der Waals surface area contributed by atoms with Crippen molar-refractivity contribution < 1.29 is 9.53 Å². The predicted molar refractivity (Wildman–Crippen MR) is 108 cm³/mol. The average Bonchev–Trinajstić information content (AvgIpc) is 3.06. The van der Waals surface area contributed by atoms with Gasteiger partial charge in [0.2, 0.25) is 0 Å². The van der Waals surface area contributed by atoms with Crippen LogP contribution in [0.4, 0.5) is 5.69 Å². The maximum atomic E-state index is 13.1. The van der Waals surface area contributed by atoms with Crippen molar-refractivity contribution in [2.45, 2.75) is 0 Å². The van der Waals surface area contributed by atoms with E-state index in [0.717, 1.165) is 22.6 Å². The second-order valence-corrected chi connectivity index (χ2v) is 6.10. The number of methoxy groups -OCH3 is 1. The van der Waals surface area contributed by atoms with E-state index >= 15 is 0 Å². The molecule has 0 N–H and O–H groups in total. The number of hydrazone groups is 1. The molecule has 1 heterocycles. The van der Waals surface area contributed by atoms with E-state index in [0.29, 0.717) is 11.3 Å². The minimum absolute atomic E-state index is 0.143. The van der Waals surface area contributed by atoms with Gasteiger partial charge in [0.05, 0.1) is 18.4 Å². The van der Waals surface area contributed by atoms with E-state index in [1.165, 1.54) is 5.01 Å². The molecule has 0 saturated carbocycles. The first-order valence-corrected chi connectivity index (χ1v) is 8.66. The fourth-order valence-electron chi connectivity index (χ4n) is 2.97. The van der Waals surface area contributed by atoms with E-state index in [9.17, 15) is 4.79 Å². The second kappa shape index (κ2) is 7.30. The lowest BCUT2D eigenvalue weighted by molar-refractivity contribution is -0.114. The van der Waals surface area contributed by atoms with Crippen LogP contribution in [0.15, 0.2) is 95.6 Å². The van der Waals surface area contributed by atoms with Crippen LogP contribution in [-0.2, 0) is 4.79 Å². The summed E-state index contributed by atoms with van der Waals surface area (Å²) in [7, 11) is 1.63. The molecule has 132 valence electrons. The molecule has 0 radical (unpaired) electrons. The Hall–Kier alpha value is -3.66. The Morgan fingerprint density at radius 2 is 1.48 bits per heavy atom. The fraction of sp³-hybridized carbons (Fsp3) is 0.0435. The fourth-order valence-corrected chi connectivity index (χ4v) is 2.97. The van der Waals surface area contributed by atoms with Crippen molar-refractivity contribution in [1.82, 2.24) is 0 Å². The first kappa shape index (κ1) is 16.8. The van der Waals surface area contributed by atoms with Crippen LogP contribution in [0.5, 0.6) is 5.75 Å². The van der Waals surface area contributed by atoms with E-state index < -0.39 is 0 Å². The topological polar surface area (TPSA) is 41.9 Å². The van der Waals surface area contributed by atoms with Gasteiger partial charge in [0.1, 0.15) is 11.5 Å². The van der Waals surface area contributed by atoms with Gasteiger partial charge in [0.15, 0.2) is 0 Å². The van der Waals surface area contributed by atoms with Gasteiger partial charge >= 0.3 is 0 Å². The molecular weight excluding hydrogens is 336 g/mol. The maximum Gasteiger partial charge on any atom is 0.281 e. The molecule has 1 amide bonds. The third-order valence-corrected chi connectivity index (χ3v) is 4.35. The minimum Gasteiger partial charge on any atom is -0.497 e. The molecule has 1 aliphatic heterocycles. The highest BCUT2D eigenvalue weighted by Crippen LogP contribution is 2.28. The highest BCUT2D eigenvalue weighted by molar-refractivity contribution is 6.37. The molecule has 4 heteroatoms. The number of para-hydroxylation sites is 1. The number of ether oxygens (including phenoxy) is 1. The van der Waals surface area contributed by atoms with Crippen molar-refractivity contribution in [3.63, 3.8) is 0 Å². The molecule has 0 atom stereocenters. The molecule has 4 rings (SSSR count). The van der Waals surface area contributed by atoms with Gasteiger partial charge in [0, 0.05) is 5.56 Å². The largest absolute Gasteiger partial charge is 0.497 e. The number of anilines is 1. The molecule has 4 nitrogen and oxygen atoms in total. The van der Waals surface area contributed by atoms with E-state index in [-0.39, 0.29) is 5.91 Å². The monoisotopic (exact) mass is 354 g/mol. The zero-order valence-corrected chi connectivity index (χ0v) is 14.9. The molecule has 0 saturated heterocycles. The smallest absolute Gasteiger partial charge is 0.281 e. The number of carbonyl (C=O) groups is 1. The molecule has 0 aliphatic carbocycles. The molecule has 0 bridgehead atoms. The molecule has 0 unspecified atom stereocenters. The molecule has 1 aliphatic rings. The van der Waals surface area contributed by atoms with Crippen molar-refractivity contribution in [1.29, 1.82) is 0 Å². The molecule has 3 aromatic rings. The predicted octanol–water partition coefficient (Wildman–Crippen LogP) is 4.53. The van der Waals surface area contributed by atoms with Crippen molar-refractivity contribution in [2.24, 2.45) is 5.10 Å². The lowest BCUT2D eigenvalue weighted by atomic mass is 10.0. The summed E-state index contributed by atoms with van der Waals surface area (Å²) in [6, 6.07) is 26.8. The van der Waals surface area contributed by atoms with Crippen LogP contribution >= 0.6 is 0 Å². The number of nitrogens with zero attached hydrogens (tertiary/aromatic N) is 2. The Labute approximate surface area is 158 Å². The van der Waals surface area contributed by atoms with Crippen LogP contribution in [0.2, 0.25) is 0 Å². The summed E-state index contributed by atoms with van der Waals surface area (Å²) in [5.74, 6) is 0.633. The molecule has 0 spiro atoms. The number of rotatable bonds is 4. The SMILES string of the molecule is COc1ccc(C=C2C(=O)N(c3ccccc3)N=C2c2ccccc2)cc1. The summed E-state index contributed by atoms with van der Waals surface area (Å²) in [5.41, 5.74) is 3.80. The molecule has 0 aromatic heterocycles. The van der Waals surface area contributed by atoms with Gasteiger partial charge in [-0.05, 0) is 35.9 Å². The van der Waals surface area contributed by atoms with Crippen LogP contribution in [-0.4, -0.2) is 18.7 Å². The van der Waals surface area contributed by atoms with E-state index in [1.54, 1.807) is 7.11 Å². The molecule has 0 fully saturated rings. The summed E-state index contributed by atoms with van der Waals surface area (Å²) in [4.78, 5) is 13.1. The number of amides is 1. The highest BCUT2D eigenvalue weighted by atomic mass is 16.5. The number of hydrogen-bond acceptors (Lipinski definition) is 3. The Kier molecular flexibility index (Phi) is 4.54. The van der Waals surface area contributed by atoms with Crippen LogP contribution < -0.4 is 9.75 Å². The van der Waals surface area contributed by atoms with Gasteiger partial charge in [-0.1, -0.05) is 60.7 Å². The Morgan fingerprint density at radius 1 is 0.852 bits per heavy atom. The summed E-state index contributed by atoms with van der Waals surface area (Å²) in [6.45, 7) is 0. The van der Waals surface area contributed by atoms with Crippen molar-refractivity contribution in [2.75, 3.05) is 12.1 Å². The number of hydrogen-bond donors (Lipinski definition) is 0. The standard InChI is InChI=1S/C23H18N2O2/c1-27-20-14-12-17(13-15-20)16-21-22(18-8-4-2-5-9-18)24-25(23(21)26)19-10-6-3-7-11-19/h2-16H,1H3. The van der Waals surface area contributed by atoms with E-state index in [4.69, 9.17) is 4.74 Å². The third-order valence-electron chi connectivity index (χ3n) is 4.35. The highest BCUT2D eigenvalue weighted by Gasteiger charge is 2.31. The Bertz CT molecular complexity index is 1010. The summed E-state index contributed by atoms with van der Waals surface area (Å²) < 4.78 is 5.21. The van der Waals surface area contributed by atoms with Gasteiger partial charge in [0.25, 0.3) is 5.91 Å². The lowest BCUT2D eigenvalue weighted by Crippen LogP contribution is -2.21. The van der Waals surface area contributed by atoms with E-state index in [1.807, 2.05) is 91.0 Å². The number of benzene rings is 3. The summed E-state index contributed by atoms with van der Waals surface area (Å²) >= 11 is 0. The Balaban J connectivity index is 1.79.